The normalized spacial score (nSPS) is 11.0. The summed E-state index contributed by atoms with van der Waals surface area (Å²) in [5.41, 5.74) is 5.07. The number of esters is 1. The molecule has 0 saturated carbocycles. The van der Waals surface area contributed by atoms with Crippen LogP contribution < -0.4 is 15.5 Å². The van der Waals surface area contributed by atoms with Crippen molar-refractivity contribution in [2.45, 2.75) is 13.8 Å². The molecule has 9 heteroatoms. The number of carbonyl (C=O) groups is 3. The van der Waals surface area contributed by atoms with Gasteiger partial charge in [-0.05, 0) is 74.0 Å². The van der Waals surface area contributed by atoms with E-state index in [1.54, 1.807) is 43.3 Å². The van der Waals surface area contributed by atoms with Crippen molar-refractivity contribution in [3.05, 3.63) is 93.5 Å². The molecule has 33 heavy (non-hydrogen) atoms. The minimum atomic E-state index is -0.964. The lowest BCUT2D eigenvalue weighted by molar-refractivity contribution is -0.136. The molecule has 168 valence electrons. The maximum atomic E-state index is 12.2. The molecule has 0 bridgehead atoms. The highest BCUT2D eigenvalue weighted by Crippen LogP contribution is 2.22. The van der Waals surface area contributed by atoms with Crippen LogP contribution in [-0.2, 0) is 9.59 Å². The Kier molecular flexibility index (Phi) is 7.82. The van der Waals surface area contributed by atoms with Crippen molar-refractivity contribution in [3.8, 4) is 5.75 Å². The molecular formula is C24H19Cl2N3O4. The second-order valence-electron chi connectivity index (χ2n) is 7.03. The number of hydrazone groups is 1. The molecule has 3 rings (SSSR count). The van der Waals surface area contributed by atoms with Crippen molar-refractivity contribution in [3.63, 3.8) is 0 Å². The van der Waals surface area contributed by atoms with Crippen molar-refractivity contribution in [2.24, 2.45) is 5.10 Å². The third-order valence-electron chi connectivity index (χ3n) is 4.42. The zero-order valence-electron chi connectivity index (χ0n) is 17.7. The Bertz CT molecular complexity index is 1200. The first-order chi connectivity index (χ1) is 15.7. The van der Waals surface area contributed by atoms with E-state index in [1.165, 1.54) is 18.2 Å². The Hall–Kier alpha value is -3.68. The third-order valence-corrected chi connectivity index (χ3v) is 4.86. The van der Waals surface area contributed by atoms with Gasteiger partial charge in [0, 0.05) is 15.7 Å². The Labute approximate surface area is 200 Å². The highest BCUT2D eigenvalue weighted by molar-refractivity contribution is 6.40. The summed E-state index contributed by atoms with van der Waals surface area (Å²) in [6.07, 6.45) is 0. The van der Waals surface area contributed by atoms with Crippen LogP contribution in [0.15, 0.2) is 71.8 Å². The summed E-state index contributed by atoms with van der Waals surface area (Å²) in [7, 11) is 0. The monoisotopic (exact) mass is 483 g/mol. The fourth-order valence-corrected chi connectivity index (χ4v) is 3.21. The fourth-order valence-electron chi connectivity index (χ4n) is 2.68. The maximum absolute atomic E-state index is 12.2. The van der Waals surface area contributed by atoms with E-state index >= 15 is 0 Å². The van der Waals surface area contributed by atoms with Gasteiger partial charge in [0.05, 0.1) is 11.3 Å². The summed E-state index contributed by atoms with van der Waals surface area (Å²) in [6.45, 7) is 3.59. The topological polar surface area (TPSA) is 96.9 Å². The SMILES string of the molecule is CC(=NNC(=O)C(=O)Nc1cc(Cl)cc(Cl)c1)c1ccc(OC(=O)c2ccc(C)cc2)cc1. The maximum Gasteiger partial charge on any atom is 0.343 e. The number of nitrogens with zero attached hydrogens (tertiary/aromatic N) is 1. The van der Waals surface area contributed by atoms with Crippen molar-refractivity contribution in [2.75, 3.05) is 5.32 Å². The predicted molar refractivity (Wildman–Crippen MR) is 128 cm³/mol. The molecule has 0 heterocycles. The van der Waals surface area contributed by atoms with E-state index < -0.39 is 17.8 Å². The smallest absolute Gasteiger partial charge is 0.343 e. The molecule has 0 aliphatic rings. The summed E-state index contributed by atoms with van der Waals surface area (Å²) >= 11 is 11.7. The molecule has 0 aliphatic carbocycles. The van der Waals surface area contributed by atoms with Crippen molar-refractivity contribution in [1.29, 1.82) is 0 Å². The quantitative estimate of drug-likeness (QED) is 0.175. The lowest BCUT2D eigenvalue weighted by Gasteiger charge is -2.07. The van der Waals surface area contributed by atoms with Crippen molar-refractivity contribution >= 4 is 52.4 Å². The second kappa shape index (κ2) is 10.8. The number of halogens is 2. The molecule has 0 saturated heterocycles. The molecule has 3 aromatic rings. The van der Waals surface area contributed by atoms with E-state index in [-0.39, 0.29) is 5.69 Å². The Morgan fingerprint density at radius 3 is 2.00 bits per heavy atom. The average Bonchev–Trinajstić information content (AvgIpc) is 2.77. The molecule has 7 nitrogen and oxygen atoms in total. The van der Waals surface area contributed by atoms with Crippen LogP contribution in [0.25, 0.3) is 0 Å². The molecule has 0 aliphatic heterocycles. The van der Waals surface area contributed by atoms with E-state index in [0.29, 0.717) is 32.6 Å². The van der Waals surface area contributed by atoms with Gasteiger partial charge >= 0.3 is 17.8 Å². The number of hydrogen-bond acceptors (Lipinski definition) is 5. The number of benzene rings is 3. The van der Waals surface area contributed by atoms with Crippen molar-refractivity contribution in [1.82, 2.24) is 5.43 Å². The summed E-state index contributed by atoms with van der Waals surface area (Å²) in [6, 6.07) is 18.0. The number of rotatable bonds is 5. The summed E-state index contributed by atoms with van der Waals surface area (Å²) in [5.74, 6) is -1.99. The van der Waals surface area contributed by atoms with Crippen LogP contribution in [-0.4, -0.2) is 23.5 Å². The van der Waals surface area contributed by atoms with Crippen LogP contribution in [0.4, 0.5) is 5.69 Å². The minimum Gasteiger partial charge on any atom is -0.423 e. The Morgan fingerprint density at radius 2 is 1.39 bits per heavy atom. The molecular weight excluding hydrogens is 465 g/mol. The highest BCUT2D eigenvalue weighted by Gasteiger charge is 2.14. The van der Waals surface area contributed by atoms with E-state index in [2.05, 4.69) is 15.8 Å². The van der Waals surface area contributed by atoms with Gasteiger partial charge in [0.15, 0.2) is 0 Å². The molecule has 0 aromatic heterocycles. The van der Waals surface area contributed by atoms with Crippen LogP contribution in [0, 0.1) is 6.92 Å². The molecule has 0 atom stereocenters. The van der Waals surface area contributed by atoms with Crippen LogP contribution in [0.2, 0.25) is 10.0 Å². The van der Waals surface area contributed by atoms with Crippen LogP contribution in [0.3, 0.4) is 0 Å². The first-order valence-electron chi connectivity index (χ1n) is 9.72. The number of carbonyl (C=O) groups excluding carboxylic acids is 3. The fraction of sp³-hybridized carbons (Fsp3) is 0.0833. The standard InChI is InChI=1S/C24H19Cl2N3O4/c1-14-3-5-17(6-4-14)24(32)33-21-9-7-16(8-10-21)15(2)28-29-23(31)22(30)27-20-12-18(25)11-19(26)13-20/h3-13H,1-2H3,(H,27,30)(H,29,31). The number of amides is 2. The minimum absolute atomic E-state index is 0.282. The Morgan fingerprint density at radius 1 is 0.818 bits per heavy atom. The largest absolute Gasteiger partial charge is 0.423 e. The van der Waals surface area contributed by atoms with Crippen LogP contribution in [0.5, 0.6) is 5.75 Å². The lowest BCUT2D eigenvalue weighted by atomic mass is 10.1. The number of nitrogens with one attached hydrogen (secondary N) is 2. The molecule has 3 aromatic carbocycles. The zero-order chi connectivity index (χ0) is 24.0. The molecule has 0 spiro atoms. The molecule has 2 amide bonds. The number of anilines is 1. The number of aryl methyl sites for hydroxylation is 1. The van der Waals surface area contributed by atoms with E-state index in [0.717, 1.165) is 5.56 Å². The third kappa shape index (κ3) is 6.90. The average molecular weight is 484 g/mol. The molecule has 0 fully saturated rings. The van der Waals surface area contributed by atoms with E-state index in [4.69, 9.17) is 27.9 Å². The number of hydrogen-bond donors (Lipinski definition) is 2. The summed E-state index contributed by atoms with van der Waals surface area (Å²) < 4.78 is 5.36. The van der Waals surface area contributed by atoms with Gasteiger partial charge in [0.2, 0.25) is 0 Å². The van der Waals surface area contributed by atoms with Crippen LogP contribution >= 0.6 is 23.2 Å². The summed E-state index contributed by atoms with van der Waals surface area (Å²) in [4.78, 5) is 36.3. The van der Waals surface area contributed by atoms with Gasteiger partial charge in [-0.25, -0.2) is 10.2 Å². The van der Waals surface area contributed by atoms with Gasteiger partial charge in [-0.1, -0.05) is 40.9 Å². The highest BCUT2D eigenvalue weighted by atomic mass is 35.5. The lowest BCUT2D eigenvalue weighted by Crippen LogP contribution is -2.32. The number of ether oxygens (including phenoxy) is 1. The second-order valence-corrected chi connectivity index (χ2v) is 7.90. The Balaban J connectivity index is 1.57. The van der Waals surface area contributed by atoms with E-state index in [9.17, 15) is 14.4 Å². The van der Waals surface area contributed by atoms with Gasteiger partial charge in [-0.2, -0.15) is 5.10 Å². The summed E-state index contributed by atoms with van der Waals surface area (Å²) in [5, 5.41) is 6.97. The first kappa shape index (κ1) is 24.0. The molecule has 0 radical (unpaired) electrons. The van der Waals surface area contributed by atoms with Crippen LogP contribution in [0.1, 0.15) is 28.4 Å². The van der Waals surface area contributed by atoms with Gasteiger partial charge < -0.3 is 10.1 Å². The molecule has 0 unspecified atom stereocenters. The van der Waals surface area contributed by atoms with Gasteiger partial charge in [-0.15, -0.1) is 0 Å². The van der Waals surface area contributed by atoms with Gasteiger partial charge in [0.1, 0.15) is 5.75 Å². The van der Waals surface area contributed by atoms with Gasteiger partial charge in [0.25, 0.3) is 0 Å². The first-order valence-corrected chi connectivity index (χ1v) is 10.5. The molecule has 2 N–H and O–H groups in total. The van der Waals surface area contributed by atoms with Crippen molar-refractivity contribution < 1.29 is 19.1 Å². The zero-order valence-corrected chi connectivity index (χ0v) is 19.2. The van der Waals surface area contributed by atoms with E-state index in [1.807, 2.05) is 19.1 Å². The van der Waals surface area contributed by atoms with Gasteiger partial charge in [-0.3, -0.25) is 9.59 Å². The predicted octanol–water partition coefficient (Wildman–Crippen LogP) is 5.00.